The Hall–Kier alpha value is -1.92. The van der Waals surface area contributed by atoms with Crippen molar-refractivity contribution in [1.82, 2.24) is 14.8 Å². The van der Waals surface area contributed by atoms with Crippen LogP contribution in [0.15, 0.2) is 6.33 Å². The smallest absolute Gasteiger partial charge is 0.377 e. The van der Waals surface area contributed by atoms with Crippen molar-refractivity contribution >= 4 is 11.9 Å². The molecule has 0 bridgehead atoms. The number of hydrogen-bond acceptors (Lipinski definition) is 6. The molecule has 0 atom stereocenters. The summed E-state index contributed by atoms with van der Waals surface area (Å²) in [7, 11) is 2.60. The zero-order valence-corrected chi connectivity index (χ0v) is 9.17. The quantitative estimate of drug-likeness (QED) is 0.659. The summed E-state index contributed by atoms with van der Waals surface area (Å²) < 4.78 is 10.4. The van der Waals surface area contributed by atoms with Gasteiger partial charge < -0.3 is 9.47 Å². The minimum Gasteiger partial charge on any atom is -0.469 e. The first-order valence-electron chi connectivity index (χ1n) is 4.72. The molecule has 0 amide bonds. The molecule has 88 valence electrons. The third-order valence-corrected chi connectivity index (χ3v) is 1.90. The van der Waals surface area contributed by atoms with Crippen LogP contribution in [0.4, 0.5) is 0 Å². The number of hydrogen-bond donors (Lipinski definition) is 0. The molecule has 0 radical (unpaired) electrons. The maximum Gasteiger partial charge on any atom is 0.377 e. The summed E-state index contributed by atoms with van der Waals surface area (Å²) in [5.74, 6) is -0.833. The van der Waals surface area contributed by atoms with E-state index in [1.807, 2.05) is 0 Å². The lowest BCUT2D eigenvalue weighted by Gasteiger charge is -1.99. The van der Waals surface area contributed by atoms with Gasteiger partial charge in [0.15, 0.2) is 0 Å². The fraction of sp³-hybridized carbons (Fsp3) is 0.556. The van der Waals surface area contributed by atoms with Crippen LogP contribution in [0.3, 0.4) is 0 Å². The van der Waals surface area contributed by atoms with E-state index in [1.54, 1.807) is 0 Å². The highest BCUT2D eigenvalue weighted by Gasteiger charge is 2.11. The first kappa shape index (κ1) is 12.2. The molecular weight excluding hydrogens is 214 g/mol. The van der Waals surface area contributed by atoms with Crippen LogP contribution >= 0.6 is 0 Å². The Bertz CT molecular complexity index is 375. The molecular formula is C9H13N3O4. The van der Waals surface area contributed by atoms with Crippen molar-refractivity contribution in [2.45, 2.75) is 19.4 Å². The van der Waals surface area contributed by atoms with Crippen molar-refractivity contribution in [2.24, 2.45) is 0 Å². The van der Waals surface area contributed by atoms with E-state index in [9.17, 15) is 9.59 Å². The van der Waals surface area contributed by atoms with Crippen molar-refractivity contribution in [3.05, 3.63) is 12.2 Å². The molecule has 1 aromatic heterocycles. The van der Waals surface area contributed by atoms with Gasteiger partial charge in [0.1, 0.15) is 6.33 Å². The van der Waals surface area contributed by atoms with Gasteiger partial charge in [-0.05, 0) is 6.42 Å². The number of methoxy groups -OCH3 is 2. The van der Waals surface area contributed by atoms with Crippen molar-refractivity contribution < 1.29 is 19.1 Å². The van der Waals surface area contributed by atoms with Gasteiger partial charge in [-0.3, -0.25) is 9.48 Å². The Kier molecular flexibility index (Phi) is 4.43. The van der Waals surface area contributed by atoms with Crippen LogP contribution in [0.1, 0.15) is 23.5 Å². The molecule has 16 heavy (non-hydrogen) atoms. The predicted molar refractivity (Wildman–Crippen MR) is 52.6 cm³/mol. The highest BCUT2D eigenvalue weighted by Crippen LogP contribution is 1.97. The van der Waals surface area contributed by atoms with Crippen molar-refractivity contribution in [2.75, 3.05) is 14.2 Å². The average molecular weight is 227 g/mol. The highest BCUT2D eigenvalue weighted by atomic mass is 16.5. The second-order valence-electron chi connectivity index (χ2n) is 3.00. The second kappa shape index (κ2) is 5.84. The van der Waals surface area contributed by atoms with Crippen LogP contribution < -0.4 is 0 Å². The molecule has 0 unspecified atom stereocenters. The summed E-state index contributed by atoms with van der Waals surface area (Å²) in [5.41, 5.74) is 0. The summed E-state index contributed by atoms with van der Waals surface area (Å²) in [6, 6.07) is 0. The Morgan fingerprint density at radius 2 is 2.12 bits per heavy atom. The van der Waals surface area contributed by atoms with Gasteiger partial charge >= 0.3 is 11.9 Å². The number of aryl methyl sites for hydroxylation is 1. The normalized spacial score (nSPS) is 9.88. The standard InChI is InChI=1S/C9H13N3O4/c1-15-7(13)4-3-5-12-6-10-8(11-12)9(14)16-2/h6H,3-5H2,1-2H3. The van der Waals surface area contributed by atoms with Crippen molar-refractivity contribution in [3.63, 3.8) is 0 Å². The van der Waals surface area contributed by atoms with Crippen molar-refractivity contribution in [1.29, 1.82) is 0 Å². The molecule has 1 heterocycles. The largest absolute Gasteiger partial charge is 0.469 e. The number of aromatic nitrogens is 3. The summed E-state index contributed by atoms with van der Waals surface area (Å²) in [4.78, 5) is 25.6. The van der Waals surface area contributed by atoms with Gasteiger partial charge in [-0.25, -0.2) is 9.78 Å². The number of rotatable bonds is 5. The summed E-state index contributed by atoms with van der Waals surface area (Å²) in [5, 5.41) is 3.88. The number of nitrogens with zero attached hydrogens (tertiary/aromatic N) is 3. The first-order valence-corrected chi connectivity index (χ1v) is 4.72. The van der Waals surface area contributed by atoms with Crippen LogP contribution in [-0.2, 0) is 20.8 Å². The van der Waals surface area contributed by atoms with E-state index in [0.717, 1.165) is 0 Å². The van der Waals surface area contributed by atoms with E-state index in [2.05, 4.69) is 19.6 Å². The summed E-state index contributed by atoms with van der Waals surface area (Å²) >= 11 is 0. The SMILES string of the molecule is COC(=O)CCCn1cnc(C(=O)OC)n1. The Balaban J connectivity index is 2.41. The van der Waals surface area contributed by atoms with Gasteiger partial charge in [-0.15, -0.1) is 5.10 Å². The molecule has 1 rings (SSSR count). The van der Waals surface area contributed by atoms with E-state index in [4.69, 9.17) is 0 Å². The van der Waals surface area contributed by atoms with E-state index in [0.29, 0.717) is 19.4 Å². The molecule has 0 fully saturated rings. The van der Waals surface area contributed by atoms with Gasteiger partial charge in [0.2, 0.25) is 0 Å². The Labute approximate surface area is 92.4 Å². The third kappa shape index (κ3) is 3.34. The number of esters is 2. The number of ether oxygens (including phenoxy) is 2. The molecule has 0 saturated heterocycles. The predicted octanol–water partition coefficient (Wildman–Crippen LogP) is 0.0179. The van der Waals surface area contributed by atoms with Gasteiger partial charge in [0.25, 0.3) is 5.82 Å². The fourth-order valence-corrected chi connectivity index (χ4v) is 1.07. The fourth-order valence-electron chi connectivity index (χ4n) is 1.07. The molecule has 0 spiro atoms. The Morgan fingerprint density at radius 3 is 2.75 bits per heavy atom. The van der Waals surface area contributed by atoms with Gasteiger partial charge in [-0.1, -0.05) is 0 Å². The maximum atomic E-state index is 11.0. The topological polar surface area (TPSA) is 83.3 Å². The Morgan fingerprint density at radius 1 is 1.38 bits per heavy atom. The van der Waals surface area contributed by atoms with Crippen molar-refractivity contribution in [3.8, 4) is 0 Å². The molecule has 0 aliphatic carbocycles. The molecule has 7 heteroatoms. The lowest BCUT2D eigenvalue weighted by atomic mass is 10.3. The first-order chi connectivity index (χ1) is 7.67. The molecule has 0 saturated carbocycles. The van der Waals surface area contributed by atoms with E-state index in [-0.39, 0.29) is 11.8 Å². The third-order valence-electron chi connectivity index (χ3n) is 1.90. The molecule has 0 aliphatic rings. The number of carbonyl (C=O) groups is 2. The summed E-state index contributed by atoms with van der Waals surface area (Å²) in [6.07, 6.45) is 2.31. The van der Waals surface area contributed by atoms with E-state index >= 15 is 0 Å². The summed E-state index contributed by atoms with van der Waals surface area (Å²) in [6.45, 7) is 0.499. The second-order valence-corrected chi connectivity index (χ2v) is 3.00. The molecule has 0 aliphatic heterocycles. The van der Waals surface area contributed by atoms with Gasteiger partial charge in [0.05, 0.1) is 14.2 Å². The minimum atomic E-state index is -0.577. The van der Waals surface area contributed by atoms with Crippen LogP contribution in [0.25, 0.3) is 0 Å². The van der Waals surface area contributed by atoms with Crippen LogP contribution in [0.2, 0.25) is 0 Å². The van der Waals surface area contributed by atoms with E-state index in [1.165, 1.54) is 25.2 Å². The van der Waals surface area contributed by atoms with E-state index < -0.39 is 5.97 Å². The molecule has 0 N–H and O–H groups in total. The van der Waals surface area contributed by atoms with Gasteiger partial charge in [0, 0.05) is 13.0 Å². The van der Waals surface area contributed by atoms with Crippen LogP contribution in [0.5, 0.6) is 0 Å². The highest BCUT2D eigenvalue weighted by molar-refractivity contribution is 5.84. The monoisotopic (exact) mass is 227 g/mol. The molecule has 1 aromatic rings. The average Bonchev–Trinajstić information content (AvgIpc) is 2.76. The zero-order valence-electron chi connectivity index (χ0n) is 9.17. The van der Waals surface area contributed by atoms with Crippen LogP contribution in [0, 0.1) is 0 Å². The number of carbonyl (C=O) groups excluding carboxylic acids is 2. The zero-order chi connectivity index (χ0) is 12.0. The lowest BCUT2D eigenvalue weighted by molar-refractivity contribution is -0.140. The van der Waals surface area contributed by atoms with Gasteiger partial charge in [-0.2, -0.15) is 0 Å². The van der Waals surface area contributed by atoms with Crippen LogP contribution in [-0.4, -0.2) is 40.9 Å². The molecule has 7 nitrogen and oxygen atoms in total. The molecule has 0 aromatic carbocycles. The lowest BCUT2D eigenvalue weighted by Crippen LogP contribution is -2.07. The minimum absolute atomic E-state index is 0.0144. The maximum absolute atomic E-state index is 11.0.